The molecule has 1 aromatic rings. The molecule has 0 aliphatic rings. The van der Waals surface area contributed by atoms with Crippen molar-refractivity contribution in [2.75, 3.05) is 5.32 Å². The van der Waals surface area contributed by atoms with E-state index in [9.17, 15) is 0 Å². The molecular weight excluding hydrogens is 200 g/mol. The van der Waals surface area contributed by atoms with Crippen molar-refractivity contribution in [1.29, 1.82) is 0 Å². The number of hydrogen-bond acceptors (Lipinski definition) is 4. The first-order valence-corrected chi connectivity index (χ1v) is 5.41. The SMILES string of the molecule is C/C(=C/C(C)N)Nc1ccc([C@H](C)N)cn1. The van der Waals surface area contributed by atoms with Gasteiger partial charge in [-0.1, -0.05) is 6.07 Å². The standard InChI is InChI=1S/C12H20N4/c1-8(13)6-9(2)16-12-5-4-11(7-15-12)10(3)14/h4-8,10H,13-14H2,1-3H3,(H,15,16)/b9-6-/t8?,10-/m0/s1. The van der Waals surface area contributed by atoms with E-state index in [0.717, 1.165) is 17.1 Å². The zero-order chi connectivity index (χ0) is 12.1. The molecule has 88 valence electrons. The number of nitrogens with one attached hydrogen (secondary N) is 1. The van der Waals surface area contributed by atoms with Crippen molar-refractivity contribution in [1.82, 2.24) is 4.98 Å². The molecule has 16 heavy (non-hydrogen) atoms. The van der Waals surface area contributed by atoms with Crippen LogP contribution in [0.4, 0.5) is 5.82 Å². The van der Waals surface area contributed by atoms with Gasteiger partial charge in [-0.25, -0.2) is 4.98 Å². The quantitative estimate of drug-likeness (QED) is 0.722. The van der Waals surface area contributed by atoms with Crippen molar-refractivity contribution in [2.24, 2.45) is 11.5 Å². The Morgan fingerprint density at radius 1 is 1.38 bits per heavy atom. The highest BCUT2D eigenvalue weighted by Crippen LogP contribution is 2.12. The van der Waals surface area contributed by atoms with Crippen molar-refractivity contribution in [3.63, 3.8) is 0 Å². The number of aromatic nitrogens is 1. The van der Waals surface area contributed by atoms with Crippen LogP contribution in [0.25, 0.3) is 0 Å². The minimum absolute atomic E-state index is 0.0160. The molecule has 1 rings (SSSR count). The Bertz CT molecular complexity index is 352. The number of allylic oxidation sites excluding steroid dienone is 1. The third-order valence-corrected chi connectivity index (χ3v) is 2.15. The van der Waals surface area contributed by atoms with Crippen LogP contribution in [0, 0.1) is 0 Å². The lowest BCUT2D eigenvalue weighted by Crippen LogP contribution is -2.13. The first-order valence-electron chi connectivity index (χ1n) is 5.41. The summed E-state index contributed by atoms with van der Waals surface area (Å²) >= 11 is 0. The highest BCUT2D eigenvalue weighted by Gasteiger charge is 2.00. The van der Waals surface area contributed by atoms with E-state index in [1.807, 2.05) is 39.0 Å². The second-order valence-corrected chi connectivity index (χ2v) is 4.10. The molecule has 1 aromatic heterocycles. The summed E-state index contributed by atoms with van der Waals surface area (Å²) in [6, 6.07) is 3.94. The molecule has 1 unspecified atom stereocenters. The van der Waals surface area contributed by atoms with Gasteiger partial charge in [0.05, 0.1) is 0 Å². The maximum atomic E-state index is 5.74. The molecule has 4 heteroatoms. The van der Waals surface area contributed by atoms with Crippen molar-refractivity contribution in [2.45, 2.75) is 32.9 Å². The molecule has 0 spiro atoms. The van der Waals surface area contributed by atoms with Crippen LogP contribution in [0.15, 0.2) is 30.1 Å². The van der Waals surface area contributed by atoms with E-state index >= 15 is 0 Å². The van der Waals surface area contributed by atoms with E-state index in [4.69, 9.17) is 11.5 Å². The number of pyridine rings is 1. The van der Waals surface area contributed by atoms with Gasteiger partial charge < -0.3 is 16.8 Å². The molecule has 0 aliphatic heterocycles. The Morgan fingerprint density at radius 2 is 2.06 bits per heavy atom. The molecule has 0 saturated carbocycles. The lowest BCUT2D eigenvalue weighted by atomic mass is 10.1. The van der Waals surface area contributed by atoms with Gasteiger partial charge in [-0.2, -0.15) is 0 Å². The molecule has 0 aliphatic carbocycles. The van der Waals surface area contributed by atoms with Crippen LogP contribution in [-0.2, 0) is 0 Å². The summed E-state index contributed by atoms with van der Waals surface area (Å²) in [4.78, 5) is 4.27. The van der Waals surface area contributed by atoms with Gasteiger partial charge in [-0.05, 0) is 38.5 Å². The summed E-state index contributed by atoms with van der Waals surface area (Å²) in [6.45, 7) is 5.83. The third kappa shape index (κ3) is 4.00. The smallest absolute Gasteiger partial charge is 0.130 e. The van der Waals surface area contributed by atoms with Crippen molar-refractivity contribution in [3.8, 4) is 0 Å². The van der Waals surface area contributed by atoms with Crippen molar-refractivity contribution in [3.05, 3.63) is 35.7 Å². The van der Waals surface area contributed by atoms with Crippen LogP contribution in [0.3, 0.4) is 0 Å². The molecule has 1 heterocycles. The number of anilines is 1. The van der Waals surface area contributed by atoms with E-state index in [2.05, 4.69) is 10.3 Å². The van der Waals surface area contributed by atoms with Gasteiger partial charge >= 0.3 is 0 Å². The minimum atomic E-state index is 0.0160. The highest BCUT2D eigenvalue weighted by molar-refractivity contribution is 5.41. The molecule has 4 nitrogen and oxygen atoms in total. The van der Waals surface area contributed by atoms with Crippen LogP contribution < -0.4 is 16.8 Å². The number of nitrogens with two attached hydrogens (primary N) is 2. The largest absolute Gasteiger partial charge is 0.344 e. The van der Waals surface area contributed by atoms with E-state index < -0.39 is 0 Å². The first kappa shape index (κ1) is 12.7. The fraction of sp³-hybridized carbons (Fsp3) is 0.417. The number of hydrogen-bond donors (Lipinski definition) is 3. The summed E-state index contributed by atoms with van der Waals surface area (Å²) in [5.74, 6) is 0.804. The first-order chi connectivity index (χ1) is 7.49. The Labute approximate surface area is 96.7 Å². The molecule has 0 bridgehead atoms. The zero-order valence-corrected chi connectivity index (χ0v) is 10.1. The highest BCUT2D eigenvalue weighted by atomic mass is 15.0. The second-order valence-electron chi connectivity index (χ2n) is 4.10. The van der Waals surface area contributed by atoms with Gasteiger partial charge in [0.2, 0.25) is 0 Å². The van der Waals surface area contributed by atoms with E-state index in [-0.39, 0.29) is 12.1 Å². The minimum Gasteiger partial charge on any atom is -0.344 e. The van der Waals surface area contributed by atoms with E-state index in [0.29, 0.717) is 0 Å². The van der Waals surface area contributed by atoms with Gasteiger partial charge in [-0.3, -0.25) is 0 Å². The maximum absolute atomic E-state index is 5.74. The van der Waals surface area contributed by atoms with Crippen molar-refractivity contribution >= 4 is 5.82 Å². The Kier molecular flexibility index (Phi) is 4.46. The molecule has 0 fully saturated rings. The molecule has 0 radical (unpaired) electrons. The monoisotopic (exact) mass is 220 g/mol. The number of nitrogens with zero attached hydrogens (tertiary/aromatic N) is 1. The van der Waals surface area contributed by atoms with Crippen LogP contribution in [0.1, 0.15) is 32.4 Å². The summed E-state index contributed by atoms with van der Waals surface area (Å²) in [6.07, 6.45) is 3.73. The molecule has 0 aromatic carbocycles. The summed E-state index contributed by atoms with van der Waals surface area (Å²) in [7, 11) is 0. The second kappa shape index (κ2) is 5.63. The van der Waals surface area contributed by atoms with Gasteiger partial charge in [0, 0.05) is 24.0 Å². The molecule has 2 atom stereocenters. The topological polar surface area (TPSA) is 77.0 Å². The number of rotatable bonds is 4. The van der Waals surface area contributed by atoms with Gasteiger partial charge in [0.25, 0.3) is 0 Å². The van der Waals surface area contributed by atoms with Crippen LogP contribution >= 0.6 is 0 Å². The summed E-state index contributed by atoms with van der Waals surface area (Å²) in [5, 5.41) is 3.17. The van der Waals surface area contributed by atoms with Crippen molar-refractivity contribution < 1.29 is 0 Å². The average molecular weight is 220 g/mol. The molecule has 5 N–H and O–H groups in total. The fourth-order valence-electron chi connectivity index (χ4n) is 1.39. The van der Waals surface area contributed by atoms with Crippen LogP contribution in [0.5, 0.6) is 0 Å². The zero-order valence-electron chi connectivity index (χ0n) is 10.1. The summed E-state index contributed by atoms with van der Waals surface area (Å²) < 4.78 is 0. The van der Waals surface area contributed by atoms with E-state index in [1.54, 1.807) is 6.20 Å². The van der Waals surface area contributed by atoms with E-state index in [1.165, 1.54) is 0 Å². The lowest BCUT2D eigenvalue weighted by molar-refractivity contribution is 0.812. The van der Waals surface area contributed by atoms with Crippen LogP contribution in [0.2, 0.25) is 0 Å². The maximum Gasteiger partial charge on any atom is 0.130 e. The molecular formula is C12H20N4. The Morgan fingerprint density at radius 3 is 2.50 bits per heavy atom. The van der Waals surface area contributed by atoms with Gasteiger partial charge in [0.1, 0.15) is 5.82 Å². The Hall–Kier alpha value is -1.39. The van der Waals surface area contributed by atoms with Gasteiger partial charge in [-0.15, -0.1) is 0 Å². The lowest BCUT2D eigenvalue weighted by Gasteiger charge is -2.09. The molecule has 0 amide bonds. The predicted octanol–water partition coefficient (Wildman–Crippen LogP) is 1.76. The average Bonchev–Trinajstić information content (AvgIpc) is 2.16. The molecule has 0 saturated heterocycles. The normalized spacial score (nSPS) is 15.7. The summed E-state index contributed by atoms with van der Waals surface area (Å²) in [5.41, 5.74) is 13.4. The Balaban J connectivity index is 2.69. The third-order valence-electron chi connectivity index (χ3n) is 2.15. The van der Waals surface area contributed by atoms with Crippen LogP contribution in [-0.4, -0.2) is 11.0 Å². The predicted molar refractivity (Wildman–Crippen MR) is 67.9 cm³/mol. The fourth-order valence-corrected chi connectivity index (χ4v) is 1.39. The van der Waals surface area contributed by atoms with Gasteiger partial charge in [0.15, 0.2) is 0 Å².